The van der Waals surface area contributed by atoms with Crippen LogP contribution in [-0.2, 0) is 17.8 Å². The van der Waals surface area contributed by atoms with Crippen LogP contribution in [0.1, 0.15) is 36.4 Å². The Hall–Kier alpha value is -2.59. The molecule has 3 N–H and O–H groups in total. The molecule has 7 nitrogen and oxygen atoms in total. The van der Waals surface area contributed by atoms with Crippen LogP contribution in [0.15, 0.2) is 30.7 Å². The summed E-state index contributed by atoms with van der Waals surface area (Å²) in [6.07, 6.45) is 5.25. The first-order valence-corrected chi connectivity index (χ1v) is 12.9. The number of benzene rings is 1. The predicted molar refractivity (Wildman–Crippen MR) is 137 cm³/mol. The van der Waals surface area contributed by atoms with Gasteiger partial charge in [0.25, 0.3) is 0 Å². The van der Waals surface area contributed by atoms with Crippen molar-refractivity contribution in [2.45, 2.75) is 46.2 Å². The molecular weight excluding hydrogens is 452 g/mol. The Morgan fingerprint density at radius 3 is 2.97 bits per heavy atom. The largest absolute Gasteiger partial charge is 0.317 e. The summed E-state index contributed by atoms with van der Waals surface area (Å²) in [7, 11) is 0. The molecule has 1 aliphatic heterocycles. The maximum atomic E-state index is 12.7. The second kappa shape index (κ2) is 9.34. The van der Waals surface area contributed by atoms with Crippen molar-refractivity contribution in [2.24, 2.45) is 0 Å². The van der Waals surface area contributed by atoms with Gasteiger partial charge in [0.05, 0.1) is 22.2 Å². The van der Waals surface area contributed by atoms with Crippen LogP contribution in [0.2, 0.25) is 0 Å². The van der Waals surface area contributed by atoms with Crippen LogP contribution in [-0.4, -0.2) is 39.6 Å². The molecule has 1 amide bonds. The molecule has 1 aliphatic rings. The molecule has 0 radical (unpaired) electrons. The lowest BCUT2D eigenvalue weighted by atomic mass is 10.0. The summed E-state index contributed by atoms with van der Waals surface area (Å²) in [4.78, 5) is 23.3. The molecule has 0 fully saturated rings. The Bertz CT molecular complexity index is 1300. The molecule has 0 saturated heterocycles. The number of rotatable bonds is 7. The second-order valence-electron chi connectivity index (χ2n) is 8.64. The van der Waals surface area contributed by atoms with Crippen molar-refractivity contribution in [3.63, 3.8) is 0 Å². The monoisotopic (exact) mass is 480 g/mol. The summed E-state index contributed by atoms with van der Waals surface area (Å²) in [5, 5.41) is 11.8. The standard InChI is InChI=1S/C24H28N6OS2/c1-14(2)26-9-7-21(31)29-24-22(17-6-8-25-11-20(17)33-24)23-28-18-5-4-16(10-19(18)32-23)30-12-15(3)27-13-30/h4-5,10,12-14,25-26H,6-9,11H2,1-3H3,(H,29,31). The van der Waals surface area contributed by atoms with Gasteiger partial charge in [0.1, 0.15) is 10.0 Å². The normalized spacial score (nSPS) is 13.6. The third kappa shape index (κ3) is 4.72. The average molecular weight is 481 g/mol. The molecule has 9 heteroatoms. The fourth-order valence-corrected chi connectivity index (χ4v) is 6.43. The van der Waals surface area contributed by atoms with Crippen molar-refractivity contribution >= 4 is 43.8 Å². The van der Waals surface area contributed by atoms with Crippen LogP contribution in [0, 0.1) is 6.92 Å². The number of thiazole rings is 1. The number of aromatic nitrogens is 3. The van der Waals surface area contributed by atoms with E-state index in [9.17, 15) is 4.79 Å². The smallest absolute Gasteiger partial charge is 0.226 e. The van der Waals surface area contributed by atoms with Crippen LogP contribution < -0.4 is 16.0 Å². The van der Waals surface area contributed by atoms with Crippen molar-refractivity contribution in [1.29, 1.82) is 0 Å². The van der Waals surface area contributed by atoms with Gasteiger partial charge in [-0.2, -0.15) is 0 Å². The van der Waals surface area contributed by atoms with E-state index in [-0.39, 0.29) is 5.91 Å². The molecule has 0 spiro atoms. The molecular formula is C24H28N6OS2. The van der Waals surface area contributed by atoms with E-state index in [1.165, 1.54) is 10.4 Å². The zero-order valence-electron chi connectivity index (χ0n) is 19.1. The summed E-state index contributed by atoms with van der Waals surface area (Å²) in [5.74, 6) is 0.0369. The van der Waals surface area contributed by atoms with Gasteiger partial charge in [-0.3, -0.25) is 4.79 Å². The van der Waals surface area contributed by atoms with Crippen LogP contribution in [0.25, 0.3) is 26.5 Å². The average Bonchev–Trinajstić information content (AvgIpc) is 3.48. The Labute approximate surface area is 201 Å². The second-order valence-corrected chi connectivity index (χ2v) is 10.8. The third-order valence-electron chi connectivity index (χ3n) is 5.68. The number of fused-ring (bicyclic) bond motifs is 2. The molecule has 0 unspecified atom stereocenters. The highest BCUT2D eigenvalue weighted by Crippen LogP contribution is 2.45. The van der Waals surface area contributed by atoms with Gasteiger partial charge in [-0.15, -0.1) is 22.7 Å². The van der Waals surface area contributed by atoms with Gasteiger partial charge in [0.2, 0.25) is 5.91 Å². The van der Waals surface area contributed by atoms with E-state index in [1.807, 2.05) is 24.0 Å². The number of anilines is 1. The molecule has 0 atom stereocenters. The van der Waals surface area contributed by atoms with Crippen molar-refractivity contribution in [3.8, 4) is 16.3 Å². The maximum absolute atomic E-state index is 12.7. The third-order valence-corrected chi connectivity index (χ3v) is 7.86. The van der Waals surface area contributed by atoms with Crippen LogP contribution in [0.5, 0.6) is 0 Å². The van der Waals surface area contributed by atoms with E-state index in [0.29, 0.717) is 19.0 Å². The van der Waals surface area contributed by atoms with Crippen LogP contribution in [0.3, 0.4) is 0 Å². The lowest BCUT2D eigenvalue weighted by Gasteiger charge is -2.13. The number of imidazole rings is 1. The van der Waals surface area contributed by atoms with E-state index < -0.39 is 0 Å². The minimum atomic E-state index is 0.0369. The van der Waals surface area contributed by atoms with Crippen molar-refractivity contribution in [1.82, 2.24) is 25.2 Å². The van der Waals surface area contributed by atoms with E-state index >= 15 is 0 Å². The first kappa shape index (κ1) is 22.2. The number of thiophene rings is 1. The van der Waals surface area contributed by atoms with Crippen molar-refractivity contribution in [2.75, 3.05) is 18.4 Å². The summed E-state index contributed by atoms with van der Waals surface area (Å²) < 4.78 is 3.16. The van der Waals surface area contributed by atoms with Gasteiger partial charge in [-0.05, 0) is 43.7 Å². The Kier molecular flexibility index (Phi) is 6.29. The fourth-order valence-electron chi connectivity index (χ4n) is 4.06. The highest BCUT2D eigenvalue weighted by Gasteiger charge is 2.25. The van der Waals surface area contributed by atoms with Gasteiger partial charge in [-0.25, -0.2) is 9.97 Å². The first-order valence-electron chi connectivity index (χ1n) is 11.3. The zero-order chi connectivity index (χ0) is 22.9. The lowest BCUT2D eigenvalue weighted by molar-refractivity contribution is -0.116. The topological polar surface area (TPSA) is 83.9 Å². The van der Waals surface area contributed by atoms with Gasteiger partial charge in [0.15, 0.2) is 0 Å². The number of hydrogen-bond acceptors (Lipinski definition) is 7. The van der Waals surface area contributed by atoms with E-state index in [2.05, 4.69) is 53.0 Å². The molecule has 33 heavy (non-hydrogen) atoms. The molecule has 0 saturated carbocycles. The quantitative estimate of drug-likeness (QED) is 0.363. The minimum Gasteiger partial charge on any atom is -0.317 e. The zero-order valence-corrected chi connectivity index (χ0v) is 20.7. The van der Waals surface area contributed by atoms with E-state index in [1.54, 1.807) is 22.7 Å². The molecule has 0 aliphatic carbocycles. The van der Waals surface area contributed by atoms with Crippen LogP contribution in [0.4, 0.5) is 5.00 Å². The molecule has 3 aromatic heterocycles. The molecule has 4 aromatic rings. The Balaban J connectivity index is 1.48. The number of carbonyl (C=O) groups is 1. The van der Waals surface area contributed by atoms with E-state index in [4.69, 9.17) is 4.98 Å². The summed E-state index contributed by atoms with van der Waals surface area (Å²) >= 11 is 3.36. The van der Waals surface area contributed by atoms with E-state index in [0.717, 1.165) is 56.7 Å². The predicted octanol–water partition coefficient (Wildman–Crippen LogP) is 4.49. The van der Waals surface area contributed by atoms with Crippen molar-refractivity contribution < 1.29 is 4.79 Å². The summed E-state index contributed by atoms with van der Waals surface area (Å²) in [5.41, 5.74) is 5.45. The molecule has 0 bridgehead atoms. The van der Waals surface area contributed by atoms with Crippen molar-refractivity contribution in [3.05, 3.63) is 46.9 Å². The fraction of sp³-hybridized carbons (Fsp3) is 0.375. The minimum absolute atomic E-state index is 0.0369. The number of aryl methyl sites for hydroxylation is 1. The Morgan fingerprint density at radius 1 is 1.30 bits per heavy atom. The summed E-state index contributed by atoms with van der Waals surface area (Å²) in [6, 6.07) is 6.67. The number of amides is 1. The number of carbonyl (C=O) groups excluding carboxylic acids is 1. The molecule has 5 rings (SSSR count). The lowest BCUT2D eigenvalue weighted by Crippen LogP contribution is -2.27. The number of nitrogens with zero attached hydrogens (tertiary/aromatic N) is 3. The molecule has 4 heterocycles. The van der Waals surface area contributed by atoms with Gasteiger partial charge >= 0.3 is 0 Å². The first-order chi connectivity index (χ1) is 16.0. The highest BCUT2D eigenvalue weighted by molar-refractivity contribution is 7.23. The summed E-state index contributed by atoms with van der Waals surface area (Å²) in [6.45, 7) is 8.61. The highest BCUT2D eigenvalue weighted by atomic mass is 32.1. The SMILES string of the molecule is Cc1cn(-c2ccc3nc(-c4c(NC(=O)CCNC(C)C)sc5c4CCNC5)sc3c2)cn1. The number of nitrogens with one attached hydrogen (secondary N) is 3. The van der Waals surface area contributed by atoms with Gasteiger partial charge in [0, 0.05) is 47.9 Å². The molecule has 172 valence electrons. The maximum Gasteiger partial charge on any atom is 0.226 e. The molecule has 1 aromatic carbocycles. The van der Waals surface area contributed by atoms with Gasteiger partial charge < -0.3 is 20.5 Å². The van der Waals surface area contributed by atoms with Crippen LogP contribution >= 0.6 is 22.7 Å². The number of hydrogen-bond donors (Lipinski definition) is 3. The van der Waals surface area contributed by atoms with Gasteiger partial charge in [-0.1, -0.05) is 13.8 Å². The Morgan fingerprint density at radius 2 is 2.18 bits per heavy atom.